The Bertz CT molecular complexity index is 1160. The van der Waals surface area contributed by atoms with Crippen LogP contribution in [0.2, 0.25) is 5.02 Å². The van der Waals surface area contributed by atoms with Gasteiger partial charge in [-0.15, -0.1) is 0 Å². The van der Waals surface area contributed by atoms with Crippen LogP contribution in [0.1, 0.15) is 29.7 Å². The zero-order valence-electron chi connectivity index (χ0n) is 17.4. The molecule has 1 fully saturated rings. The highest BCUT2D eigenvalue weighted by Gasteiger charge is 2.46. The van der Waals surface area contributed by atoms with Crippen molar-refractivity contribution in [1.82, 2.24) is 9.88 Å². The number of aromatic nitrogens is 1. The van der Waals surface area contributed by atoms with Crippen LogP contribution >= 0.6 is 11.6 Å². The summed E-state index contributed by atoms with van der Waals surface area (Å²) in [6.45, 7) is 2.57. The third kappa shape index (κ3) is 4.22. The number of carbonyl (C=O) groups excluding carboxylic acids is 2. The minimum atomic E-state index is -0.765. The average Bonchev–Trinajstić information content (AvgIpc) is 3.05. The Morgan fingerprint density at radius 1 is 1.09 bits per heavy atom. The molecule has 0 unspecified atom stereocenters. The highest BCUT2D eigenvalue weighted by atomic mass is 35.5. The maximum absolute atomic E-state index is 13.1. The number of aliphatic hydroxyl groups is 1. The van der Waals surface area contributed by atoms with Crippen molar-refractivity contribution >= 4 is 29.1 Å². The standard InChI is InChI=1S/C25H21ClN2O4/c1-2-32-20-11-7-18(8-12-20)23(29)21-22(17-5-9-19(26)10-6-17)28(25(31)24(21)30)15-16-4-3-13-27-14-16/h3-14,22,29H,2,15H2,1H3/t22-/m1/s1. The Balaban J connectivity index is 1.81. The number of amides is 1. The van der Waals surface area contributed by atoms with Crippen LogP contribution in [0.25, 0.3) is 5.76 Å². The molecule has 0 aliphatic carbocycles. The highest BCUT2D eigenvalue weighted by Crippen LogP contribution is 2.40. The van der Waals surface area contributed by atoms with Gasteiger partial charge in [-0.2, -0.15) is 0 Å². The Kier molecular flexibility index (Phi) is 6.23. The van der Waals surface area contributed by atoms with Crippen LogP contribution in [0, 0.1) is 0 Å². The topological polar surface area (TPSA) is 79.7 Å². The zero-order chi connectivity index (χ0) is 22.7. The Morgan fingerprint density at radius 2 is 1.81 bits per heavy atom. The molecule has 6 nitrogen and oxygen atoms in total. The SMILES string of the molecule is CCOc1ccc(C(O)=C2C(=O)C(=O)N(Cc3cccnc3)[C@@H]2c2ccc(Cl)cc2)cc1. The summed E-state index contributed by atoms with van der Waals surface area (Å²) in [5.41, 5.74) is 1.90. The molecule has 0 radical (unpaired) electrons. The van der Waals surface area contributed by atoms with Crippen molar-refractivity contribution in [3.63, 3.8) is 0 Å². The quantitative estimate of drug-likeness (QED) is 0.334. The van der Waals surface area contributed by atoms with Crippen molar-refractivity contribution in [2.45, 2.75) is 19.5 Å². The van der Waals surface area contributed by atoms with Crippen molar-refractivity contribution in [2.24, 2.45) is 0 Å². The number of likely N-dealkylation sites (tertiary alicyclic amines) is 1. The molecule has 1 amide bonds. The molecule has 1 N–H and O–H groups in total. The summed E-state index contributed by atoms with van der Waals surface area (Å²) < 4.78 is 5.44. The molecule has 4 rings (SSSR count). The van der Waals surface area contributed by atoms with E-state index < -0.39 is 17.7 Å². The number of hydrogen-bond donors (Lipinski definition) is 1. The summed E-state index contributed by atoms with van der Waals surface area (Å²) in [4.78, 5) is 31.6. The first-order valence-corrected chi connectivity index (χ1v) is 10.5. The Labute approximate surface area is 190 Å². The lowest BCUT2D eigenvalue weighted by Crippen LogP contribution is -2.29. The largest absolute Gasteiger partial charge is 0.507 e. The number of Topliss-reactive ketones (excluding diaryl/α,β-unsaturated/α-hetero) is 1. The van der Waals surface area contributed by atoms with Gasteiger partial charge in [-0.25, -0.2) is 0 Å². The summed E-state index contributed by atoms with van der Waals surface area (Å²) in [6, 6.07) is 16.5. The monoisotopic (exact) mass is 448 g/mol. The molecule has 0 saturated carbocycles. The van der Waals surface area contributed by atoms with Crippen molar-refractivity contribution in [3.8, 4) is 5.75 Å². The fourth-order valence-corrected chi connectivity index (χ4v) is 3.88. The molecule has 3 aromatic rings. The lowest BCUT2D eigenvalue weighted by Gasteiger charge is -2.25. The molecule has 1 atom stereocenters. The lowest BCUT2D eigenvalue weighted by molar-refractivity contribution is -0.140. The number of benzene rings is 2. The molecular weight excluding hydrogens is 428 g/mol. The second kappa shape index (κ2) is 9.24. The molecule has 1 aliphatic rings. The van der Waals surface area contributed by atoms with E-state index in [4.69, 9.17) is 16.3 Å². The Hall–Kier alpha value is -3.64. The number of hydrogen-bond acceptors (Lipinski definition) is 5. The molecule has 2 heterocycles. The van der Waals surface area contributed by atoms with Crippen molar-refractivity contribution in [2.75, 3.05) is 6.61 Å². The van der Waals surface area contributed by atoms with Gasteiger partial charge in [0.25, 0.3) is 11.7 Å². The molecule has 0 bridgehead atoms. The molecule has 162 valence electrons. The number of aliphatic hydroxyl groups excluding tert-OH is 1. The number of ketones is 1. The summed E-state index contributed by atoms with van der Waals surface area (Å²) >= 11 is 6.05. The molecule has 2 aromatic carbocycles. The van der Waals surface area contributed by atoms with Crippen LogP contribution in [-0.4, -0.2) is 33.3 Å². The summed E-state index contributed by atoms with van der Waals surface area (Å²) in [5, 5.41) is 11.6. The molecule has 32 heavy (non-hydrogen) atoms. The number of carbonyl (C=O) groups is 2. The predicted octanol–water partition coefficient (Wildman–Crippen LogP) is 4.76. The van der Waals surface area contributed by atoms with Gasteiger partial charge in [0.15, 0.2) is 0 Å². The summed E-state index contributed by atoms with van der Waals surface area (Å²) in [6.07, 6.45) is 3.28. The van der Waals surface area contributed by atoms with Crippen LogP contribution in [0.4, 0.5) is 0 Å². The van der Waals surface area contributed by atoms with E-state index in [-0.39, 0.29) is 17.9 Å². The van der Waals surface area contributed by atoms with E-state index in [1.807, 2.05) is 13.0 Å². The Morgan fingerprint density at radius 3 is 2.44 bits per heavy atom. The van der Waals surface area contributed by atoms with Crippen LogP contribution in [0.3, 0.4) is 0 Å². The van der Waals surface area contributed by atoms with Crippen LogP contribution in [0.5, 0.6) is 5.75 Å². The fraction of sp³-hybridized carbons (Fsp3) is 0.160. The van der Waals surface area contributed by atoms with Gasteiger partial charge in [0.05, 0.1) is 18.2 Å². The van der Waals surface area contributed by atoms with Crippen LogP contribution < -0.4 is 4.74 Å². The smallest absolute Gasteiger partial charge is 0.295 e. The van der Waals surface area contributed by atoms with E-state index in [1.54, 1.807) is 67.0 Å². The van der Waals surface area contributed by atoms with Crippen LogP contribution in [0.15, 0.2) is 78.6 Å². The fourth-order valence-electron chi connectivity index (χ4n) is 3.75. The minimum absolute atomic E-state index is 0.0328. The van der Waals surface area contributed by atoms with E-state index in [2.05, 4.69) is 4.98 Å². The van der Waals surface area contributed by atoms with Gasteiger partial charge in [0.2, 0.25) is 0 Å². The summed E-state index contributed by atoms with van der Waals surface area (Å²) in [7, 11) is 0. The first-order valence-electron chi connectivity index (χ1n) is 10.2. The third-order valence-electron chi connectivity index (χ3n) is 5.24. The molecule has 1 saturated heterocycles. The molecule has 1 aliphatic heterocycles. The van der Waals surface area contributed by atoms with E-state index in [0.29, 0.717) is 28.5 Å². The van der Waals surface area contributed by atoms with Crippen molar-refractivity contribution < 1.29 is 19.4 Å². The second-order valence-electron chi connectivity index (χ2n) is 7.30. The average molecular weight is 449 g/mol. The maximum Gasteiger partial charge on any atom is 0.295 e. The second-order valence-corrected chi connectivity index (χ2v) is 7.73. The van der Waals surface area contributed by atoms with Gasteiger partial charge in [0.1, 0.15) is 11.5 Å². The number of pyridine rings is 1. The number of nitrogens with zero attached hydrogens (tertiary/aromatic N) is 2. The molecule has 7 heteroatoms. The van der Waals surface area contributed by atoms with E-state index in [1.165, 1.54) is 4.90 Å². The molecule has 1 aromatic heterocycles. The van der Waals surface area contributed by atoms with E-state index in [9.17, 15) is 14.7 Å². The van der Waals surface area contributed by atoms with Gasteiger partial charge >= 0.3 is 0 Å². The number of ether oxygens (including phenoxy) is 1. The van der Waals surface area contributed by atoms with Gasteiger partial charge in [-0.05, 0) is 60.5 Å². The van der Waals surface area contributed by atoms with Crippen molar-refractivity contribution in [1.29, 1.82) is 0 Å². The maximum atomic E-state index is 13.1. The first kappa shape index (κ1) is 21.6. The predicted molar refractivity (Wildman–Crippen MR) is 121 cm³/mol. The van der Waals surface area contributed by atoms with Gasteiger partial charge < -0.3 is 14.7 Å². The van der Waals surface area contributed by atoms with Crippen LogP contribution in [-0.2, 0) is 16.1 Å². The van der Waals surface area contributed by atoms with Crippen molar-refractivity contribution in [3.05, 3.63) is 100 Å². The number of rotatable bonds is 6. The van der Waals surface area contributed by atoms with Gasteiger partial charge in [0, 0.05) is 29.5 Å². The zero-order valence-corrected chi connectivity index (χ0v) is 18.1. The molecular formula is C25H21ClN2O4. The lowest BCUT2D eigenvalue weighted by atomic mass is 9.95. The van der Waals surface area contributed by atoms with E-state index in [0.717, 1.165) is 5.56 Å². The number of halogens is 1. The van der Waals surface area contributed by atoms with Gasteiger partial charge in [-0.1, -0.05) is 29.8 Å². The summed E-state index contributed by atoms with van der Waals surface area (Å²) in [5.74, 6) is -1.00. The normalized spacial score (nSPS) is 17.6. The van der Waals surface area contributed by atoms with Gasteiger partial charge in [-0.3, -0.25) is 14.6 Å². The first-order chi connectivity index (χ1) is 15.5. The van der Waals surface area contributed by atoms with E-state index >= 15 is 0 Å². The molecule has 0 spiro atoms. The third-order valence-corrected chi connectivity index (χ3v) is 5.49. The highest BCUT2D eigenvalue weighted by molar-refractivity contribution is 6.46. The minimum Gasteiger partial charge on any atom is -0.507 e.